The molecule has 0 saturated carbocycles. The normalized spacial score (nSPS) is 10.2. The van der Waals surface area contributed by atoms with Crippen LogP contribution in [0.15, 0.2) is 30.3 Å². The molecule has 3 nitrogen and oxygen atoms in total. The van der Waals surface area contributed by atoms with Crippen LogP contribution < -0.4 is 0 Å². The number of hydrogen-bond acceptors (Lipinski definition) is 3. The molecule has 0 heterocycles. The van der Waals surface area contributed by atoms with Crippen LogP contribution in [0.3, 0.4) is 0 Å². The van der Waals surface area contributed by atoms with Gasteiger partial charge in [-0.05, 0) is 44.3 Å². The largest absolute Gasteiger partial charge is 0.299 e. The Bertz CT molecular complexity index is 406. The van der Waals surface area contributed by atoms with E-state index in [-0.39, 0.29) is 0 Å². The van der Waals surface area contributed by atoms with E-state index in [0.29, 0.717) is 12.8 Å². The second kappa shape index (κ2) is 11.0. The molecule has 1 aromatic carbocycles. The van der Waals surface area contributed by atoms with Crippen molar-refractivity contribution in [3.8, 4) is 12.1 Å². The quantitative estimate of drug-likeness (QED) is 0.606. The Hall–Kier alpha value is -1.84. The van der Waals surface area contributed by atoms with E-state index in [4.69, 9.17) is 10.5 Å². The van der Waals surface area contributed by atoms with E-state index in [1.807, 2.05) is 6.07 Å². The summed E-state index contributed by atoms with van der Waals surface area (Å²) in [4.78, 5) is 2.43. The molecule has 1 aromatic rings. The van der Waals surface area contributed by atoms with Crippen molar-refractivity contribution in [2.75, 3.05) is 13.1 Å². The number of nitrogens with zero attached hydrogens (tertiary/aromatic N) is 3. The molecule has 1 rings (SSSR count). The summed E-state index contributed by atoms with van der Waals surface area (Å²) < 4.78 is 0. The molecule has 0 aromatic heterocycles. The van der Waals surface area contributed by atoms with E-state index in [9.17, 15) is 0 Å². The highest BCUT2D eigenvalue weighted by Gasteiger charge is 2.05. The molecule has 3 heteroatoms. The molecule has 0 aliphatic carbocycles. The second-order valence-electron chi connectivity index (χ2n) is 4.99. The standard InChI is InChI=1S/C17H23N3/c18-12-6-2-8-14-20(15-9-3-7-13-19)16-17-10-4-1-5-11-17/h1,4-5,10-11H,2-3,6-9,14-16H2. The molecule has 0 aliphatic heterocycles. The van der Waals surface area contributed by atoms with E-state index in [1.165, 1.54) is 5.56 Å². The zero-order valence-electron chi connectivity index (χ0n) is 12.1. The van der Waals surface area contributed by atoms with Crippen LogP contribution >= 0.6 is 0 Å². The minimum atomic E-state index is 0.646. The van der Waals surface area contributed by atoms with Gasteiger partial charge < -0.3 is 0 Å². The second-order valence-corrected chi connectivity index (χ2v) is 4.99. The molecule has 0 fully saturated rings. The zero-order chi connectivity index (χ0) is 14.5. The van der Waals surface area contributed by atoms with Crippen molar-refractivity contribution >= 4 is 0 Å². The van der Waals surface area contributed by atoms with Crippen LogP contribution in [0.5, 0.6) is 0 Å². The van der Waals surface area contributed by atoms with Crippen LogP contribution in [-0.4, -0.2) is 18.0 Å². The van der Waals surface area contributed by atoms with Gasteiger partial charge in [-0.2, -0.15) is 10.5 Å². The summed E-state index contributed by atoms with van der Waals surface area (Å²) in [5.41, 5.74) is 1.33. The van der Waals surface area contributed by atoms with Gasteiger partial charge in [0.1, 0.15) is 0 Å². The monoisotopic (exact) mass is 269 g/mol. The number of unbranched alkanes of at least 4 members (excludes halogenated alkanes) is 4. The minimum absolute atomic E-state index is 0.646. The lowest BCUT2D eigenvalue weighted by Crippen LogP contribution is -2.25. The third-order valence-corrected chi connectivity index (χ3v) is 3.27. The molecular formula is C17H23N3. The number of hydrogen-bond donors (Lipinski definition) is 0. The number of nitriles is 2. The molecule has 0 saturated heterocycles. The Kier molecular flexibility index (Phi) is 8.94. The van der Waals surface area contributed by atoms with Gasteiger partial charge in [0.15, 0.2) is 0 Å². The fourth-order valence-corrected chi connectivity index (χ4v) is 2.19. The lowest BCUT2D eigenvalue weighted by molar-refractivity contribution is 0.255. The molecule has 0 aliphatic rings. The SMILES string of the molecule is N#CCCCCN(CCCCC#N)Cc1ccccc1. The molecule has 0 radical (unpaired) electrons. The first kappa shape index (κ1) is 16.2. The third kappa shape index (κ3) is 7.56. The van der Waals surface area contributed by atoms with Gasteiger partial charge in [0, 0.05) is 19.4 Å². The fourth-order valence-electron chi connectivity index (χ4n) is 2.19. The smallest absolute Gasteiger partial charge is 0.0621 e. The molecule has 0 N–H and O–H groups in total. The predicted molar refractivity (Wildman–Crippen MR) is 80.6 cm³/mol. The first-order valence-electron chi connectivity index (χ1n) is 7.37. The highest BCUT2D eigenvalue weighted by Crippen LogP contribution is 2.08. The summed E-state index contributed by atoms with van der Waals surface area (Å²) in [6, 6.07) is 14.9. The Labute approximate surface area is 122 Å². The zero-order valence-corrected chi connectivity index (χ0v) is 12.1. The number of rotatable bonds is 10. The average molecular weight is 269 g/mol. The van der Waals surface area contributed by atoms with Gasteiger partial charge in [-0.3, -0.25) is 4.90 Å². The van der Waals surface area contributed by atoms with Crippen molar-refractivity contribution in [2.24, 2.45) is 0 Å². The van der Waals surface area contributed by atoms with Crippen LogP contribution in [0.4, 0.5) is 0 Å². The topological polar surface area (TPSA) is 50.8 Å². The summed E-state index contributed by atoms with van der Waals surface area (Å²) in [7, 11) is 0. The first-order valence-corrected chi connectivity index (χ1v) is 7.37. The molecule has 0 bridgehead atoms. The number of benzene rings is 1. The molecule has 0 atom stereocenters. The minimum Gasteiger partial charge on any atom is -0.299 e. The van der Waals surface area contributed by atoms with E-state index >= 15 is 0 Å². The van der Waals surface area contributed by atoms with E-state index in [1.54, 1.807) is 0 Å². The maximum atomic E-state index is 8.57. The molecule has 20 heavy (non-hydrogen) atoms. The first-order chi connectivity index (χ1) is 9.86. The lowest BCUT2D eigenvalue weighted by Gasteiger charge is -2.22. The van der Waals surface area contributed by atoms with Crippen LogP contribution in [0.1, 0.15) is 44.1 Å². The molecule has 106 valence electrons. The lowest BCUT2D eigenvalue weighted by atomic mass is 10.1. The third-order valence-electron chi connectivity index (χ3n) is 3.27. The Morgan fingerprint density at radius 2 is 1.35 bits per heavy atom. The fraction of sp³-hybridized carbons (Fsp3) is 0.529. The van der Waals surface area contributed by atoms with Crippen molar-refractivity contribution in [2.45, 2.75) is 45.1 Å². The highest BCUT2D eigenvalue weighted by molar-refractivity contribution is 5.14. The van der Waals surface area contributed by atoms with Gasteiger partial charge >= 0.3 is 0 Å². The van der Waals surface area contributed by atoms with Crippen molar-refractivity contribution < 1.29 is 0 Å². The molecule has 0 amide bonds. The molecule has 0 unspecified atom stereocenters. The van der Waals surface area contributed by atoms with Crippen molar-refractivity contribution in [1.82, 2.24) is 4.90 Å². The van der Waals surface area contributed by atoms with Crippen LogP contribution in [0.2, 0.25) is 0 Å². The van der Waals surface area contributed by atoms with Crippen LogP contribution in [-0.2, 0) is 6.54 Å². The summed E-state index contributed by atoms with van der Waals surface area (Å²) in [5.74, 6) is 0. The maximum absolute atomic E-state index is 8.57. The highest BCUT2D eigenvalue weighted by atomic mass is 15.1. The van der Waals surface area contributed by atoms with Crippen molar-refractivity contribution in [3.63, 3.8) is 0 Å². The van der Waals surface area contributed by atoms with Gasteiger partial charge in [0.25, 0.3) is 0 Å². The van der Waals surface area contributed by atoms with E-state index < -0.39 is 0 Å². The summed E-state index contributed by atoms with van der Waals surface area (Å²) >= 11 is 0. The van der Waals surface area contributed by atoms with Gasteiger partial charge in [-0.1, -0.05) is 30.3 Å². The van der Waals surface area contributed by atoms with E-state index in [2.05, 4.69) is 41.3 Å². The Morgan fingerprint density at radius 3 is 1.85 bits per heavy atom. The van der Waals surface area contributed by atoms with Crippen LogP contribution in [0, 0.1) is 22.7 Å². The molecule has 0 spiro atoms. The summed E-state index contributed by atoms with van der Waals surface area (Å²) in [6.07, 6.45) is 5.37. The van der Waals surface area contributed by atoms with Crippen LogP contribution in [0.25, 0.3) is 0 Å². The average Bonchev–Trinajstić information content (AvgIpc) is 2.49. The van der Waals surface area contributed by atoms with Gasteiger partial charge in [0.05, 0.1) is 12.1 Å². The van der Waals surface area contributed by atoms with Crippen molar-refractivity contribution in [3.05, 3.63) is 35.9 Å². The summed E-state index contributed by atoms with van der Waals surface area (Å²) in [6.45, 7) is 3.02. The predicted octanol–water partition coefficient (Wildman–Crippen LogP) is 3.88. The van der Waals surface area contributed by atoms with Crippen molar-refractivity contribution in [1.29, 1.82) is 10.5 Å². The van der Waals surface area contributed by atoms with Gasteiger partial charge in [0.2, 0.25) is 0 Å². The van der Waals surface area contributed by atoms with E-state index in [0.717, 1.165) is 45.3 Å². The summed E-state index contributed by atoms with van der Waals surface area (Å²) in [5, 5.41) is 17.1. The van der Waals surface area contributed by atoms with Gasteiger partial charge in [-0.15, -0.1) is 0 Å². The Balaban J connectivity index is 2.37. The van der Waals surface area contributed by atoms with Gasteiger partial charge in [-0.25, -0.2) is 0 Å². The maximum Gasteiger partial charge on any atom is 0.0621 e. The Morgan fingerprint density at radius 1 is 0.800 bits per heavy atom. The molecular weight excluding hydrogens is 246 g/mol.